The minimum Gasteiger partial charge on any atom is -0.507 e. The molecule has 1 atom stereocenters. The molecule has 0 spiro atoms. The lowest BCUT2D eigenvalue weighted by atomic mass is 10.1. The molecule has 20 heavy (non-hydrogen) atoms. The maximum atomic E-state index is 13.6. The first-order valence-electron chi connectivity index (χ1n) is 7.08. The van der Waals surface area contributed by atoms with Gasteiger partial charge in [0.2, 0.25) is 0 Å². The molecule has 0 saturated carbocycles. The van der Waals surface area contributed by atoms with Crippen molar-refractivity contribution >= 4 is 5.91 Å². The van der Waals surface area contributed by atoms with Crippen molar-refractivity contribution in [3.8, 4) is 5.75 Å². The molecule has 1 fully saturated rings. The van der Waals surface area contributed by atoms with Crippen molar-refractivity contribution < 1.29 is 14.3 Å². The summed E-state index contributed by atoms with van der Waals surface area (Å²) in [5.41, 5.74) is -0.280. The molecule has 1 aromatic rings. The van der Waals surface area contributed by atoms with Gasteiger partial charge in [-0.25, -0.2) is 4.39 Å². The summed E-state index contributed by atoms with van der Waals surface area (Å²) in [6.45, 7) is 4.74. The van der Waals surface area contributed by atoms with E-state index in [1.165, 1.54) is 37.5 Å². The highest BCUT2D eigenvalue weighted by molar-refractivity contribution is 5.97. The Bertz CT molecular complexity index is 453. The smallest absolute Gasteiger partial charge is 0.258 e. The Morgan fingerprint density at radius 2 is 2.10 bits per heavy atom. The monoisotopic (exact) mass is 280 g/mol. The number of likely N-dealkylation sites (tertiary alicyclic amines) is 1. The number of phenolic OH excluding ortho intramolecular Hbond substituents is 1. The first kappa shape index (κ1) is 14.8. The molecule has 1 unspecified atom stereocenters. The Hall–Kier alpha value is -1.62. The van der Waals surface area contributed by atoms with Crippen molar-refractivity contribution in [1.29, 1.82) is 0 Å². The molecule has 0 bridgehead atoms. The third-order valence-corrected chi connectivity index (χ3v) is 3.58. The van der Waals surface area contributed by atoms with Gasteiger partial charge in [-0.15, -0.1) is 0 Å². The zero-order valence-corrected chi connectivity index (χ0v) is 11.7. The van der Waals surface area contributed by atoms with E-state index in [0.29, 0.717) is 0 Å². The van der Waals surface area contributed by atoms with Gasteiger partial charge in [-0.2, -0.15) is 0 Å². The topological polar surface area (TPSA) is 52.6 Å². The van der Waals surface area contributed by atoms with Crippen LogP contribution in [0.25, 0.3) is 0 Å². The highest BCUT2D eigenvalue weighted by Gasteiger charge is 2.20. The fourth-order valence-electron chi connectivity index (χ4n) is 2.61. The summed E-state index contributed by atoms with van der Waals surface area (Å²) in [7, 11) is 0. The lowest BCUT2D eigenvalue weighted by Gasteiger charge is -2.29. The summed E-state index contributed by atoms with van der Waals surface area (Å²) in [4.78, 5) is 14.3. The van der Waals surface area contributed by atoms with Crippen LogP contribution in [0.3, 0.4) is 0 Å². The summed E-state index contributed by atoms with van der Waals surface area (Å²) < 4.78 is 13.6. The number of carbonyl (C=O) groups excluding carboxylic acids is 1. The maximum Gasteiger partial charge on any atom is 0.258 e. The molecular formula is C15H21FN2O2. The van der Waals surface area contributed by atoms with E-state index in [1.807, 2.05) is 6.92 Å². The van der Waals surface area contributed by atoms with E-state index >= 15 is 0 Å². The number of rotatable bonds is 4. The van der Waals surface area contributed by atoms with E-state index in [4.69, 9.17) is 0 Å². The van der Waals surface area contributed by atoms with Crippen LogP contribution in [0.4, 0.5) is 4.39 Å². The first-order valence-corrected chi connectivity index (χ1v) is 7.08. The predicted octanol–water partition coefficient (Wildman–Crippen LogP) is 2.14. The zero-order valence-electron chi connectivity index (χ0n) is 11.7. The molecule has 0 aliphatic carbocycles. The third kappa shape index (κ3) is 3.70. The van der Waals surface area contributed by atoms with E-state index < -0.39 is 11.7 Å². The summed E-state index contributed by atoms with van der Waals surface area (Å²) in [6.07, 6.45) is 3.64. The molecule has 5 heteroatoms. The number of nitrogens with one attached hydrogen (secondary N) is 1. The van der Waals surface area contributed by atoms with E-state index in [9.17, 15) is 14.3 Å². The lowest BCUT2D eigenvalue weighted by Crippen LogP contribution is -2.43. The van der Waals surface area contributed by atoms with Crippen molar-refractivity contribution in [1.82, 2.24) is 10.2 Å². The van der Waals surface area contributed by atoms with Gasteiger partial charge >= 0.3 is 0 Å². The molecular weight excluding hydrogens is 259 g/mol. The second-order valence-electron chi connectivity index (χ2n) is 5.37. The minimum absolute atomic E-state index is 0.0837. The zero-order chi connectivity index (χ0) is 14.5. The average molecular weight is 280 g/mol. The number of carbonyl (C=O) groups is 1. The normalized spacial score (nSPS) is 17.7. The van der Waals surface area contributed by atoms with Gasteiger partial charge in [-0.3, -0.25) is 4.79 Å². The van der Waals surface area contributed by atoms with Crippen molar-refractivity contribution in [2.75, 3.05) is 19.6 Å². The van der Waals surface area contributed by atoms with E-state index in [1.54, 1.807) is 0 Å². The summed E-state index contributed by atoms with van der Waals surface area (Å²) in [5, 5.41) is 12.3. The second-order valence-corrected chi connectivity index (χ2v) is 5.37. The van der Waals surface area contributed by atoms with Crippen LogP contribution >= 0.6 is 0 Å². The molecule has 110 valence electrons. The van der Waals surface area contributed by atoms with Gasteiger partial charge in [-0.05, 0) is 45.0 Å². The number of halogens is 1. The average Bonchev–Trinajstić information content (AvgIpc) is 2.39. The molecule has 1 heterocycles. The van der Waals surface area contributed by atoms with Crippen LogP contribution in [0.15, 0.2) is 18.2 Å². The lowest BCUT2D eigenvalue weighted by molar-refractivity contribution is 0.0918. The Kier molecular flexibility index (Phi) is 4.95. The SMILES string of the molecule is CC(CN1CCCCC1)NC(=O)c1c(O)cccc1F. The predicted molar refractivity (Wildman–Crippen MR) is 75.3 cm³/mol. The van der Waals surface area contributed by atoms with Crippen molar-refractivity contribution in [2.45, 2.75) is 32.2 Å². The van der Waals surface area contributed by atoms with Gasteiger partial charge in [0, 0.05) is 12.6 Å². The van der Waals surface area contributed by atoms with Crippen LogP contribution in [-0.2, 0) is 0 Å². The molecule has 4 nitrogen and oxygen atoms in total. The van der Waals surface area contributed by atoms with Crippen LogP contribution in [0.1, 0.15) is 36.5 Å². The highest BCUT2D eigenvalue weighted by Crippen LogP contribution is 2.19. The van der Waals surface area contributed by atoms with Gasteiger partial charge in [0.25, 0.3) is 5.91 Å². The summed E-state index contributed by atoms with van der Waals surface area (Å²) >= 11 is 0. The number of phenols is 1. The fraction of sp³-hybridized carbons (Fsp3) is 0.533. The van der Waals surface area contributed by atoms with Gasteiger partial charge in [-0.1, -0.05) is 12.5 Å². The Morgan fingerprint density at radius 1 is 1.40 bits per heavy atom. The standard InChI is InChI=1S/C15H21FN2O2/c1-11(10-18-8-3-2-4-9-18)17-15(20)14-12(16)6-5-7-13(14)19/h5-7,11,19H,2-4,8-10H2,1H3,(H,17,20). The van der Waals surface area contributed by atoms with Gasteiger partial charge < -0.3 is 15.3 Å². The fourth-order valence-corrected chi connectivity index (χ4v) is 2.61. The Balaban J connectivity index is 1.93. The summed E-state index contributed by atoms with van der Waals surface area (Å²) in [6, 6.07) is 3.77. The molecule has 1 aliphatic rings. The Morgan fingerprint density at radius 3 is 2.75 bits per heavy atom. The molecule has 1 amide bonds. The van der Waals surface area contributed by atoms with Crippen LogP contribution in [0.2, 0.25) is 0 Å². The highest BCUT2D eigenvalue weighted by atomic mass is 19.1. The number of hydrogen-bond donors (Lipinski definition) is 2. The molecule has 0 aromatic heterocycles. The first-order chi connectivity index (χ1) is 9.58. The molecule has 2 rings (SSSR count). The number of nitrogens with zero attached hydrogens (tertiary/aromatic N) is 1. The van der Waals surface area contributed by atoms with Crippen molar-refractivity contribution in [2.24, 2.45) is 0 Å². The summed E-state index contributed by atoms with van der Waals surface area (Å²) in [5.74, 6) is -1.59. The van der Waals surface area contributed by atoms with Crippen LogP contribution in [-0.4, -0.2) is 41.6 Å². The molecule has 0 radical (unpaired) electrons. The van der Waals surface area contributed by atoms with Gasteiger partial charge in [0.05, 0.1) is 0 Å². The van der Waals surface area contributed by atoms with Crippen LogP contribution in [0.5, 0.6) is 5.75 Å². The minimum atomic E-state index is -0.701. The molecule has 1 aliphatic heterocycles. The number of aromatic hydroxyl groups is 1. The second kappa shape index (κ2) is 6.70. The van der Waals surface area contributed by atoms with Crippen LogP contribution in [0, 0.1) is 5.82 Å². The number of amides is 1. The van der Waals surface area contributed by atoms with Crippen molar-refractivity contribution in [3.63, 3.8) is 0 Å². The van der Waals surface area contributed by atoms with Gasteiger partial charge in [0.1, 0.15) is 17.1 Å². The number of hydrogen-bond acceptors (Lipinski definition) is 3. The quantitative estimate of drug-likeness (QED) is 0.888. The Labute approximate surface area is 118 Å². The van der Waals surface area contributed by atoms with E-state index in [0.717, 1.165) is 19.6 Å². The molecule has 1 saturated heterocycles. The van der Waals surface area contributed by atoms with E-state index in [2.05, 4.69) is 10.2 Å². The largest absolute Gasteiger partial charge is 0.507 e. The van der Waals surface area contributed by atoms with Crippen molar-refractivity contribution in [3.05, 3.63) is 29.6 Å². The van der Waals surface area contributed by atoms with Crippen LogP contribution < -0.4 is 5.32 Å². The number of benzene rings is 1. The van der Waals surface area contributed by atoms with Gasteiger partial charge in [0.15, 0.2) is 0 Å². The molecule has 1 aromatic carbocycles. The molecule has 2 N–H and O–H groups in total. The number of piperidine rings is 1. The maximum absolute atomic E-state index is 13.6. The third-order valence-electron chi connectivity index (χ3n) is 3.58. The van der Waals surface area contributed by atoms with E-state index in [-0.39, 0.29) is 17.4 Å².